The first-order chi connectivity index (χ1) is 13.1. The van der Waals surface area contributed by atoms with Crippen LogP contribution >= 0.6 is 7.92 Å². The second kappa shape index (κ2) is 9.80. The van der Waals surface area contributed by atoms with Crippen molar-refractivity contribution in [1.29, 1.82) is 0 Å². The zero-order valence-corrected chi connectivity index (χ0v) is 17.4. The van der Waals surface area contributed by atoms with Gasteiger partial charge in [-0.05, 0) is 50.5 Å². The summed E-state index contributed by atoms with van der Waals surface area (Å²) in [7, 11) is 5.92. The van der Waals surface area contributed by atoms with E-state index in [0.29, 0.717) is 0 Å². The highest BCUT2D eigenvalue weighted by atomic mass is 31.1. The molecule has 0 spiro atoms. The van der Waals surface area contributed by atoms with Crippen molar-refractivity contribution < 1.29 is 0 Å². The summed E-state index contributed by atoms with van der Waals surface area (Å²) in [6.45, 7) is 3.11. The summed E-state index contributed by atoms with van der Waals surface area (Å²) < 4.78 is 0. The molecule has 0 amide bonds. The van der Waals surface area contributed by atoms with Gasteiger partial charge < -0.3 is 9.80 Å². The number of benzene rings is 3. The van der Waals surface area contributed by atoms with Gasteiger partial charge in [-0.15, -0.1) is 0 Å². The van der Waals surface area contributed by atoms with Gasteiger partial charge in [0.05, 0.1) is 0 Å². The molecule has 3 rings (SSSR count). The van der Waals surface area contributed by atoms with Crippen LogP contribution in [0.1, 0.15) is 5.56 Å². The van der Waals surface area contributed by atoms with E-state index in [1.165, 1.54) is 21.5 Å². The molecule has 0 unspecified atom stereocenters. The molecule has 0 atom stereocenters. The molecule has 140 valence electrons. The number of rotatable bonds is 8. The molecule has 27 heavy (non-hydrogen) atoms. The van der Waals surface area contributed by atoms with E-state index in [9.17, 15) is 0 Å². The van der Waals surface area contributed by atoms with E-state index in [-0.39, 0.29) is 0 Å². The van der Waals surface area contributed by atoms with Crippen molar-refractivity contribution in [2.24, 2.45) is 0 Å². The molecule has 0 N–H and O–H groups in total. The second-order valence-corrected chi connectivity index (χ2v) is 9.36. The predicted octanol–water partition coefficient (Wildman–Crippen LogP) is 3.44. The maximum Gasteiger partial charge on any atom is 0.0237 e. The van der Waals surface area contributed by atoms with E-state index >= 15 is 0 Å². The van der Waals surface area contributed by atoms with E-state index in [2.05, 4.69) is 116 Å². The molecule has 0 saturated heterocycles. The van der Waals surface area contributed by atoms with Crippen LogP contribution in [0.2, 0.25) is 0 Å². The lowest BCUT2D eigenvalue weighted by Gasteiger charge is -2.25. The lowest BCUT2D eigenvalue weighted by atomic mass is 10.2. The quantitative estimate of drug-likeness (QED) is 0.556. The number of hydrogen-bond acceptors (Lipinski definition) is 2. The Morgan fingerprint density at radius 1 is 0.630 bits per heavy atom. The highest BCUT2D eigenvalue weighted by Crippen LogP contribution is 2.34. The molecular weight excluding hydrogens is 347 g/mol. The standard InChI is InChI=1S/C24H29N2P/c1-25(2)18-19-26(3)20-21-12-10-11-17-24(21)27(22-13-6-4-7-14-22)23-15-8-5-9-16-23/h4-17H,18-20H2,1-3H3. The van der Waals surface area contributed by atoms with Gasteiger partial charge in [0.25, 0.3) is 0 Å². The zero-order chi connectivity index (χ0) is 19.1. The van der Waals surface area contributed by atoms with Gasteiger partial charge in [0.15, 0.2) is 0 Å². The van der Waals surface area contributed by atoms with E-state index in [4.69, 9.17) is 0 Å². The molecule has 3 aromatic rings. The smallest absolute Gasteiger partial charge is 0.0237 e. The number of hydrogen-bond donors (Lipinski definition) is 0. The molecule has 0 radical (unpaired) electrons. The van der Waals surface area contributed by atoms with Crippen LogP contribution in [0.3, 0.4) is 0 Å². The summed E-state index contributed by atoms with van der Waals surface area (Å²) in [5.41, 5.74) is 1.43. The van der Waals surface area contributed by atoms with Crippen molar-refractivity contribution in [1.82, 2.24) is 9.80 Å². The van der Waals surface area contributed by atoms with Crippen LogP contribution in [-0.2, 0) is 6.54 Å². The van der Waals surface area contributed by atoms with Crippen LogP contribution in [-0.4, -0.2) is 44.0 Å². The van der Waals surface area contributed by atoms with E-state index in [1.807, 2.05) is 0 Å². The maximum atomic E-state index is 2.42. The number of nitrogens with zero attached hydrogens (tertiary/aromatic N) is 2. The second-order valence-electron chi connectivity index (χ2n) is 7.18. The summed E-state index contributed by atoms with van der Waals surface area (Å²) in [4.78, 5) is 4.66. The minimum atomic E-state index is -0.556. The molecule has 3 heteroatoms. The highest BCUT2D eigenvalue weighted by Gasteiger charge is 2.19. The third kappa shape index (κ3) is 5.49. The van der Waals surface area contributed by atoms with Gasteiger partial charge in [-0.1, -0.05) is 84.9 Å². The molecule has 0 aliphatic rings. The van der Waals surface area contributed by atoms with Crippen molar-refractivity contribution >= 4 is 23.8 Å². The fourth-order valence-electron chi connectivity index (χ4n) is 3.18. The molecular formula is C24H29N2P. The van der Waals surface area contributed by atoms with Gasteiger partial charge in [0.1, 0.15) is 0 Å². The summed E-state index contributed by atoms with van der Waals surface area (Å²) in [5, 5.41) is 4.27. The fraction of sp³-hybridized carbons (Fsp3) is 0.250. The van der Waals surface area contributed by atoms with Crippen LogP contribution in [0.25, 0.3) is 0 Å². The summed E-state index contributed by atoms with van der Waals surface area (Å²) in [5.74, 6) is 0. The molecule has 0 aromatic heterocycles. The Morgan fingerprint density at radius 2 is 1.15 bits per heavy atom. The lowest BCUT2D eigenvalue weighted by Crippen LogP contribution is -2.31. The van der Waals surface area contributed by atoms with Crippen molar-refractivity contribution in [3.05, 3.63) is 90.5 Å². The molecule has 0 bridgehead atoms. The monoisotopic (exact) mass is 376 g/mol. The van der Waals surface area contributed by atoms with E-state index in [0.717, 1.165) is 19.6 Å². The van der Waals surface area contributed by atoms with Crippen molar-refractivity contribution in [2.45, 2.75) is 6.54 Å². The third-order valence-electron chi connectivity index (χ3n) is 4.63. The molecule has 0 saturated carbocycles. The van der Waals surface area contributed by atoms with Gasteiger partial charge in [0, 0.05) is 19.6 Å². The maximum absolute atomic E-state index is 2.42. The van der Waals surface area contributed by atoms with Crippen LogP contribution in [0.5, 0.6) is 0 Å². The van der Waals surface area contributed by atoms with Crippen LogP contribution in [0.15, 0.2) is 84.9 Å². The van der Waals surface area contributed by atoms with E-state index in [1.54, 1.807) is 0 Å². The van der Waals surface area contributed by atoms with Crippen molar-refractivity contribution in [3.8, 4) is 0 Å². The SMILES string of the molecule is CN(C)CCN(C)Cc1ccccc1P(c1ccccc1)c1ccccc1. The zero-order valence-electron chi connectivity index (χ0n) is 16.5. The summed E-state index contributed by atoms with van der Waals surface area (Å²) in [6, 6.07) is 30.8. The first kappa shape index (κ1) is 19.8. The predicted molar refractivity (Wildman–Crippen MR) is 120 cm³/mol. The molecule has 0 aliphatic carbocycles. The van der Waals surface area contributed by atoms with E-state index < -0.39 is 7.92 Å². The van der Waals surface area contributed by atoms with Crippen LogP contribution < -0.4 is 15.9 Å². The highest BCUT2D eigenvalue weighted by molar-refractivity contribution is 7.79. The van der Waals surface area contributed by atoms with Gasteiger partial charge in [-0.2, -0.15) is 0 Å². The Bertz CT molecular complexity index is 779. The first-order valence-electron chi connectivity index (χ1n) is 9.46. The summed E-state index contributed by atoms with van der Waals surface area (Å²) >= 11 is 0. The minimum Gasteiger partial charge on any atom is -0.308 e. The Balaban J connectivity index is 1.96. The van der Waals surface area contributed by atoms with Gasteiger partial charge >= 0.3 is 0 Å². The van der Waals surface area contributed by atoms with Gasteiger partial charge in [0.2, 0.25) is 0 Å². The Hall–Kier alpha value is -1.99. The topological polar surface area (TPSA) is 6.48 Å². The van der Waals surface area contributed by atoms with Gasteiger partial charge in [-0.3, -0.25) is 0 Å². The molecule has 0 aliphatic heterocycles. The molecule has 0 fully saturated rings. The number of likely N-dealkylation sites (N-methyl/N-ethyl adjacent to an activating group) is 2. The van der Waals surface area contributed by atoms with Gasteiger partial charge in [-0.25, -0.2) is 0 Å². The molecule has 0 heterocycles. The molecule has 3 aromatic carbocycles. The largest absolute Gasteiger partial charge is 0.308 e. The molecule has 2 nitrogen and oxygen atoms in total. The fourth-order valence-corrected chi connectivity index (χ4v) is 5.65. The Labute approximate surface area is 165 Å². The van der Waals surface area contributed by atoms with Crippen LogP contribution in [0.4, 0.5) is 0 Å². The van der Waals surface area contributed by atoms with Crippen LogP contribution in [0, 0.1) is 0 Å². The normalized spacial score (nSPS) is 11.5. The summed E-state index contributed by atoms with van der Waals surface area (Å²) in [6.07, 6.45) is 0. The Kier molecular flexibility index (Phi) is 7.18. The Morgan fingerprint density at radius 3 is 1.70 bits per heavy atom. The first-order valence-corrected chi connectivity index (χ1v) is 10.8. The average Bonchev–Trinajstić information content (AvgIpc) is 2.70. The average molecular weight is 376 g/mol. The van der Waals surface area contributed by atoms with Crippen molar-refractivity contribution in [3.63, 3.8) is 0 Å². The lowest BCUT2D eigenvalue weighted by molar-refractivity contribution is 0.277. The minimum absolute atomic E-state index is 0.556. The third-order valence-corrected chi connectivity index (χ3v) is 7.18. The van der Waals surface area contributed by atoms with Crippen molar-refractivity contribution in [2.75, 3.05) is 34.2 Å².